The summed E-state index contributed by atoms with van der Waals surface area (Å²) in [6.45, 7) is 0. The number of allylic oxidation sites excluding steroid dienone is 4. The number of hydrogen-bond donors (Lipinski definition) is 1. The number of ether oxygens (including phenoxy) is 3. The van der Waals surface area contributed by atoms with E-state index in [0.29, 0.717) is 34.2 Å². The lowest BCUT2D eigenvalue weighted by Crippen LogP contribution is -2.28. The number of rotatable bonds is 5. The first-order chi connectivity index (χ1) is 12.6. The Morgan fingerprint density at radius 2 is 1.77 bits per heavy atom. The van der Waals surface area contributed by atoms with Crippen LogP contribution in [0.4, 0.5) is 5.69 Å². The molecule has 0 radical (unpaired) electrons. The molecular weight excluding hydrogens is 336 g/mol. The number of carbonyl (C=O) groups is 2. The van der Waals surface area contributed by atoms with Crippen molar-refractivity contribution in [2.45, 2.75) is 0 Å². The number of hydrogen-bond acceptors (Lipinski definition) is 5. The zero-order chi connectivity index (χ0) is 18.7. The fourth-order valence-corrected chi connectivity index (χ4v) is 2.85. The number of amides is 2. The maximum Gasteiger partial charge on any atom is 0.270 e. The summed E-state index contributed by atoms with van der Waals surface area (Å²) >= 11 is 0. The summed E-state index contributed by atoms with van der Waals surface area (Å²) in [5.74, 6) is 0.0583. The van der Waals surface area contributed by atoms with Crippen LogP contribution >= 0.6 is 0 Å². The second-order valence-corrected chi connectivity index (χ2v) is 5.56. The van der Waals surface area contributed by atoms with Crippen molar-refractivity contribution in [1.82, 2.24) is 0 Å². The van der Waals surface area contributed by atoms with E-state index in [1.54, 1.807) is 24.3 Å². The Morgan fingerprint density at radius 1 is 1.08 bits per heavy atom. The van der Waals surface area contributed by atoms with E-state index in [1.807, 2.05) is 12.2 Å². The Bertz CT molecular complexity index is 855. The van der Waals surface area contributed by atoms with Crippen molar-refractivity contribution in [2.24, 2.45) is 10.9 Å². The van der Waals surface area contributed by atoms with E-state index in [-0.39, 0.29) is 5.92 Å². The molecule has 3 rings (SSSR count). The first kappa shape index (κ1) is 17.5. The van der Waals surface area contributed by atoms with Gasteiger partial charge in [0.25, 0.3) is 11.8 Å². The lowest BCUT2D eigenvalue weighted by Gasteiger charge is -2.22. The number of anilines is 1. The molecule has 1 atom stereocenters. The van der Waals surface area contributed by atoms with E-state index in [2.05, 4.69) is 10.3 Å². The van der Waals surface area contributed by atoms with Crippen molar-refractivity contribution in [2.75, 3.05) is 26.6 Å². The highest BCUT2D eigenvalue weighted by Gasteiger charge is 2.28. The first-order valence-corrected chi connectivity index (χ1v) is 7.87. The van der Waals surface area contributed by atoms with E-state index in [0.717, 1.165) is 0 Å². The molecule has 7 nitrogen and oxygen atoms in total. The second-order valence-electron chi connectivity index (χ2n) is 5.56. The maximum atomic E-state index is 12.8. The van der Waals surface area contributed by atoms with Gasteiger partial charge in [-0.15, -0.1) is 0 Å². The van der Waals surface area contributed by atoms with Crippen LogP contribution in [0.25, 0.3) is 0 Å². The Kier molecular flexibility index (Phi) is 4.88. The third kappa shape index (κ3) is 3.23. The molecule has 1 N–H and O–H groups in total. The average molecular weight is 354 g/mol. The highest BCUT2D eigenvalue weighted by atomic mass is 16.5. The van der Waals surface area contributed by atoms with Crippen LogP contribution in [0.2, 0.25) is 0 Å². The van der Waals surface area contributed by atoms with Crippen LogP contribution in [-0.2, 0) is 9.59 Å². The van der Waals surface area contributed by atoms with Crippen molar-refractivity contribution in [3.05, 3.63) is 48.1 Å². The van der Waals surface area contributed by atoms with Gasteiger partial charge in [-0.05, 0) is 6.08 Å². The molecule has 1 heterocycles. The van der Waals surface area contributed by atoms with E-state index < -0.39 is 11.8 Å². The van der Waals surface area contributed by atoms with Gasteiger partial charge in [0.2, 0.25) is 5.75 Å². The summed E-state index contributed by atoms with van der Waals surface area (Å²) in [5, 5.41) is 2.78. The molecule has 0 bridgehead atoms. The Morgan fingerprint density at radius 3 is 2.38 bits per heavy atom. The summed E-state index contributed by atoms with van der Waals surface area (Å²) < 4.78 is 15.8. The minimum absolute atomic E-state index is 0.328. The molecule has 134 valence electrons. The molecule has 0 saturated heterocycles. The molecule has 7 heteroatoms. The molecule has 2 aliphatic rings. The number of methoxy groups -OCH3 is 3. The number of aliphatic imine (C=N–C) groups is 1. The number of dihydropyridines is 1. The standard InChI is InChI=1S/C19H18N2O5/c1-24-15-8-11(9-16(25-2)18(15)26-3)20-19(23)13-10-17(22)21-14-7-5-4-6-12(13)14/h4-10,12H,1-3H3,(H,20,23). The normalized spacial score (nSPS) is 17.8. The molecule has 1 aromatic carbocycles. The van der Waals surface area contributed by atoms with Crippen molar-refractivity contribution in [3.8, 4) is 17.2 Å². The number of nitrogens with one attached hydrogen (secondary N) is 1. The van der Waals surface area contributed by atoms with Crippen LogP contribution in [0.1, 0.15) is 0 Å². The van der Waals surface area contributed by atoms with Gasteiger partial charge in [0.15, 0.2) is 11.5 Å². The third-order valence-corrected chi connectivity index (χ3v) is 4.04. The summed E-state index contributed by atoms with van der Waals surface area (Å²) in [4.78, 5) is 28.5. The first-order valence-electron chi connectivity index (χ1n) is 7.87. The minimum Gasteiger partial charge on any atom is -0.493 e. The summed E-state index contributed by atoms with van der Waals surface area (Å²) in [7, 11) is 4.49. The molecule has 0 fully saturated rings. The molecule has 1 aliphatic carbocycles. The van der Waals surface area contributed by atoms with E-state index >= 15 is 0 Å². The summed E-state index contributed by atoms with van der Waals surface area (Å²) in [6, 6.07) is 3.24. The molecule has 0 aromatic heterocycles. The predicted octanol–water partition coefficient (Wildman–Crippen LogP) is 2.30. The van der Waals surface area contributed by atoms with Gasteiger partial charge in [-0.2, -0.15) is 0 Å². The van der Waals surface area contributed by atoms with Crippen LogP contribution in [0.3, 0.4) is 0 Å². The molecule has 26 heavy (non-hydrogen) atoms. The summed E-state index contributed by atoms with van der Waals surface area (Å²) in [6.07, 6.45) is 8.40. The van der Waals surface area contributed by atoms with Gasteiger partial charge in [-0.3, -0.25) is 9.59 Å². The van der Waals surface area contributed by atoms with Gasteiger partial charge >= 0.3 is 0 Å². The second kappa shape index (κ2) is 7.26. The molecule has 1 aromatic rings. The van der Waals surface area contributed by atoms with E-state index in [4.69, 9.17) is 14.2 Å². The number of nitrogens with zero attached hydrogens (tertiary/aromatic N) is 1. The molecule has 0 spiro atoms. The van der Waals surface area contributed by atoms with Gasteiger partial charge < -0.3 is 19.5 Å². The lowest BCUT2D eigenvalue weighted by molar-refractivity contribution is -0.116. The maximum absolute atomic E-state index is 12.8. The highest BCUT2D eigenvalue weighted by molar-refractivity contribution is 6.20. The quantitative estimate of drug-likeness (QED) is 0.877. The smallest absolute Gasteiger partial charge is 0.270 e. The largest absolute Gasteiger partial charge is 0.493 e. The van der Waals surface area contributed by atoms with Gasteiger partial charge in [-0.25, -0.2) is 4.99 Å². The van der Waals surface area contributed by atoms with Gasteiger partial charge in [0, 0.05) is 29.5 Å². The molecule has 1 unspecified atom stereocenters. The topological polar surface area (TPSA) is 86.2 Å². The predicted molar refractivity (Wildman–Crippen MR) is 97.0 cm³/mol. The molecule has 1 aliphatic heterocycles. The van der Waals surface area contributed by atoms with Crippen LogP contribution in [0.5, 0.6) is 17.2 Å². The van der Waals surface area contributed by atoms with Crippen molar-refractivity contribution in [3.63, 3.8) is 0 Å². The SMILES string of the molecule is COc1cc(NC(=O)C2=CC(=O)N=C3C=CC=CC23)cc(OC)c1OC. The third-order valence-electron chi connectivity index (χ3n) is 4.04. The van der Waals surface area contributed by atoms with Crippen molar-refractivity contribution in [1.29, 1.82) is 0 Å². The van der Waals surface area contributed by atoms with E-state index in [9.17, 15) is 9.59 Å². The van der Waals surface area contributed by atoms with Crippen molar-refractivity contribution >= 4 is 23.2 Å². The van der Waals surface area contributed by atoms with Crippen molar-refractivity contribution < 1.29 is 23.8 Å². The van der Waals surface area contributed by atoms with Crippen LogP contribution < -0.4 is 19.5 Å². The minimum atomic E-state index is -0.453. The van der Waals surface area contributed by atoms with E-state index in [1.165, 1.54) is 27.4 Å². The summed E-state index contributed by atoms with van der Waals surface area (Å²) in [5.41, 5.74) is 1.33. The fraction of sp³-hybridized carbons (Fsp3) is 0.211. The molecule has 2 amide bonds. The van der Waals surface area contributed by atoms with Crippen LogP contribution in [-0.4, -0.2) is 38.9 Å². The number of benzene rings is 1. The van der Waals surface area contributed by atoms with Gasteiger partial charge in [0.05, 0.1) is 33.0 Å². The lowest BCUT2D eigenvalue weighted by atomic mass is 9.87. The highest BCUT2D eigenvalue weighted by Crippen LogP contribution is 2.40. The number of carbonyl (C=O) groups excluding carboxylic acids is 2. The number of fused-ring (bicyclic) bond motifs is 1. The zero-order valence-electron chi connectivity index (χ0n) is 14.6. The Labute approximate surface area is 150 Å². The zero-order valence-corrected chi connectivity index (χ0v) is 14.6. The van der Waals surface area contributed by atoms with Crippen LogP contribution in [0, 0.1) is 5.92 Å². The molecular formula is C19H18N2O5. The monoisotopic (exact) mass is 354 g/mol. The molecule has 0 saturated carbocycles. The van der Waals surface area contributed by atoms with Crippen LogP contribution in [0.15, 0.2) is 53.1 Å². The van der Waals surface area contributed by atoms with Gasteiger partial charge in [-0.1, -0.05) is 18.2 Å². The average Bonchev–Trinajstić information content (AvgIpc) is 2.66. The Hall–Kier alpha value is -3.35. The fourth-order valence-electron chi connectivity index (χ4n) is 2.85. The Balaban J connectivity index is 1.89. The van der Waals surface area contributed by atoms with Gasteiger partial charge in [0.1, 0.15) is 0 Å².